The van der Waals surface area contributed by atoms with E-state index in [4.69, 9.17) is 5.73 Å². The summed E-state index contributed by atoms with van der Waals surface area (Å²) in [6, 6.07) is 7.43. The van der Waals surface area contributed by atoms with E-state index in [1.807, 2.05) is 24.3 Å². The van der Waals surface area contributed by atoms with E-state index in [-0.39, 0.29) is 30.3 Å². The monoisotopic (exact) mass is 292 g/mol. The molecule has 0 fully saturated rings. The molecule has 5 heteroatoms. The van der Waals surface area contributed by atoms with Crippen LogP contribution in [0, 0.1) is 0 Å². The summed E-state index contributed by atoms with van der Waals surface area (Å²) in [5.74, 6) is -0.680. The standard InChI is InChI=1S/C16H24N2O3/c1-16(2,3)12-7-5-11(6-8-12)13(9-15(20)21-4)18-14(19)10-17/h5-8,13H,9-10,17H2,1-4H3,(H,18,19). The molecular weight excluding hydrogens is 268 g/mol. The Balaban J connectivity index is 2.96. The largest absolute Gasteiger partial charge is 0.469 e. The van der Waals surface area contributed by atoms with Crippen molar-refractivity contribution >= 4 is 11.9 Å². The lowest BCUT2D eigenvalue weighted by atomic mass is 9.86. The molecule has 3 N–H and O–H groups in total. The highest BCUT2D eigenvalue weighted by atomic mass is 16.5. The lowest BCUT2D eigenvalue weighted by Crippen LogP contribution is -2.35. The van der Waals surface area contributed by atoms with Gasteiger partial charge in [-0.05, 0) is 16.5 Å². The molecule has 0 heterocycles. The first-order valence-electron chi connectivity index (χ1n) is 6.94. The van der Waals surface area contributed by atoms with E-state index < -0.39 is 6.04 Å². The van der Waals surface area contributed by atoms with E-state index in [0.717, 1.165) is 5.56 Å². The van der Waals surface area contributed by atoms with Gasteiger partial charge < -0.3 is 15.8 Å². The summed E-state index contributed by atoms with van der Waals surface area (Å²) in [5, 5.41) is 2.74. The van der Waals surface area contributed by atoms with E-state index in [2.05, 4.69) is 30.8 Å². The fourth-order valence-corrected chi connectivity index (χ4v) is 1.97. The van der Waals surface area contributed by atoms with Gasteiger partial charge in [0, 0.05) is 0 Å². The highest BCUT2D eigenvalue weighted by Gasteiger charge is 2.20. The zero-order valence-electron chi connectivity index (χ0n) is 13.1. The van der Waals surface area contributed by atoms with Crippen molar-refractivity contribution in [2.45, 2.75) is 38.6 Å². The molecule has 5 nitrogen and oxygen atoms in total. The van der Waals surface area contributed by atoms with Crippen LogP contribution in [0.3, 0.4) is 0 Å². The molecule has 0 saturated heterocycles. The Morgan fingerprint density at radius 1 is 1.24 bits per heavy atom. The Morgan fingerprint density at radius 3 is 2.24 bits per heavy atom. The number of carbonyl (C=O) groups excluding carboxylic acids is 2. The lowest BCUT2D eigenvalue weighted by Gasteiger charge is -2.22. The summed E-state index contributed by atoms with van der Waals surface area (Å²) >= 11 is 0. The Hall–Kier alpha value is -1.88. The van der Waals surface area contributed by atoms with Crippen molar-refractivity contribution in [3.8, 4) is 0 Å². The molecule has 0 aliphatic carbocycles. The number of hydrogen-bond acceptors (Lipinski definition) is 4. The minimum atomic E-state index is -0.428. The Labute approximate surface area is 125 Å². The molecule has 1 aromatic rings. The van der Waals surface area contributed by atoms with Crippen molar-refractivity contribution in [1.82, 2.24) is 5.32 Å². The first-order valence-corrected chi connectivity index (χ1v) is 6.94. The number of ether oxygens (including phenoxy) is 1. The van der Waals surface area contributed by atoms with E-state index >= 15 is 0 Å². The van der Waals surface area contributed by atoms with Crippen molar-refractivity contribution in [2.24, 2.45) is 5.73 Å². The number of nitrogens with one attached hydrogen (secondary N) is 1. The highest BCUT2D eigenvalue weighted by Crippen LogP contribution is 2.25. The van der Waals surface area contributed by atoms with Crippen LogP contribution in [0.5, 0.6) is 0 Å². The maximum atomic E-state index is 11.5. The van der Waals surface area contributed by atoms with Crippen LogP contribution in [0.15, 0.2) is 24.3 Å². The van der Waals surface area contributed by atoms with Gasteiger partial charge in [-0.25, -0.2) is 0 Å². The summed E-state index contributed by atoms with van der Waals surface area (Å²) in [7, 11) is 1.33. The zero-order chi connectivity index (χ0) is 16.0. The molecule has 0 saturated carbocycles. The van der Waals surface area contributed by atoms with E-state index in [9.17, 15) is 9.59 Å². The summed E-state index contributed by atoms with van der Waals surface area (Å²) in [6.07, 6.45) is 0.0805. The molecule has 1 atom stereocenters. The summed E-state index contributed by atoms with van der Waals surface area (Å²) in [6.45, 7) is 6.27. The van der Waals surface area contributed by atoms with E-state index in [1.165, 1.54) is 12.7 Å². The molecular formula is C16H24N2O3. The number of amides is 1. The number of carbonyl (C=O) groups is 2. The van der Waals surface area contributed by atoms with Gasteiger partial charge in [-0.15, -0.1) is 0 Å². The molecule has 0 bridgehead atoms. The molecule has 21 heavy (non-hydrogen) atoms. The number of methoxy groups -OCH3 is 1. The third-order valence-electron chi connectivity index (χ3n) is 3.30. The van der Waals surface area contributed by atoms with Crippen molar-refractivity contribution in [3.05, 3.63) is 35.4 Å². The number of rotatable bonds is 5. The fraction of sp³-hybridized carbons (Fsp3) is 0.500. The van der Waals surface area contributed by atoms with E-state index in [1.54, 1.807) is 0 Å². The summed E-state index contributed by atoms with van der Waals surface area (Å²) < 4.78 is 4.67. The average Bonchev–Trinajstić information content (AvgIpc) is 2.45. The predicted molar refractivity (Wildman–Crippen MR) is 81.7 cm³/mol. The molecule has 1 unspecified atom stereocenters. The van der Waals surface area contributed by atoms with Crippen LogP contribution in [0.1, 0.15) is 44.4 Å². The molecule has 0 aliphatic rings. The minimum Gasteiger partial charge on any atom is -0.469 e. The number of hydrogen-bond donors (Lipinski definition) is 2. The average molecular weight is 292 g/mol. The number of esters is 1. The Bertz CT molecular complexity index is 471. The van der Waals surface area contributed by atoms with Crippen LogP contribution in [-0.4, -0.2) is 25.5 Å². The maximum Gasteiger partial charge on any atom is 0.307 e. The maximum absolute atomic E-state index is 11.5. The second-order valence-electron chi connectivity index (χ2n) is 5.98. The van der Waals surface area contributed by atoms with Crippen molar-refractivity contribution in [2.75, 3.05) is 13.7 Å². The molecule has 1 aromatic carbocycles. The number of nitrogens with two attached hydrogens (primary N) is 1. The summed E-state index contributed by atoms with van der Waals surface area (Å²) in [5.41, 5.74) is 7.41. The van der Waals surface area contributed by atoms with Gasteiger partial charge in [0.15, 0.2) is 0 Å². The highest BCUT2D eigenvalue weighted by molar-refractivity contribution is 5.79. The molecule has 0 spiro atoms. The van der Waals surface area contributed by atoms with Gasteiger partial charge >= 0.3 is 5.97 Å². The van der Waals surface area contributed by atoms with Crippen LogP contribution < -0.4 is 11.1 Å². The topological polar surface area (TPSA) is 81.4 Å². The molecule has 0 aromatic heterocycles. The van der Waals surface area contributed by atoms with Gasteiger partial charge in [-0.3, -0.25) is 9.59 Å². The SMILES string of the molecule is COC(=O)CC(NC(=O)CN)c1ccc(C(C)(C)C)cc1. The second kappa shape index (κ2) is 7.22. The smallest absolute Gasteiger partial charge is 0.307 e. The third-order valence-corrected chi connectivity index (χ3v) is 3.30. The predicted octanol–water partition coefficient (Wildman–Crippen LogP) is 1.66. The normalized spacial score (nSPS) is 12.6. The molecule has 1 rings (SSSR count). The van der Waals surface area contributed by atoms with E-state index in [0.29, 0.717) is 0 Å². The van der Waals surface area contributed by atoms with Gasteiger partial charge in [0.05, 0.1) is 26.1 Å². The van der Waals surface area contributed by atoms with Gasteiger partial charge in [0.2, 0.25) is 5.91 Å². The van der Waals surface area contributed by atoms with Crippen LogP contribution in [0.2, 0.25) is 0 Å². The second-order valence-corrected chi connectivity index (χ2v) is 5.98. The third kappa shape index (κ3) is 5.19. The van der Waals surface area contributed by atoms with Crippen LogP contribution >= 0.6 is 0 Å². The van der Waals surface area contributed by atoms with Gasteiger partial charge in [-0.1, -0.05) is 45.0 Å². The van der Waals surface area contributed by atoms with Gasteiger partial charge in [-0.2, -0.15) is 0 Å². The van der Waals surface area contributed by atoms with Crippen molar-refractivity contribution in [3.63, 3.8) is 0 Å². The molecule has 0 radical (unpaired) electrons. The molecule has 116 valence electrons. The van der Waals surface area contributed by atoms with Gasteiger partial charge in [0.1, 0.15) is 0 Å². The van der Waals surface area contributed by atoms with Crippen LogP contribution in [0.25, 0.3) is 0 Å². The van der Waals surface area contributed by atoms with Crippen LogP contribution in [0.4, 0.5) is 0 Å². The number of benzene rings is 1. The Morgan fingerprint density at radius 2 is 1.81 bits per heavy atom. The fourth-order valence-electron chi connectivity index (χ4n) is 1.97. The van der Waals surface area contributed by atoms with Crippen molar-refractivity contribution < 1.29 is 14.3 Å². The Kier molecular flexibility index (Phi) is 5.90. The van der Waals surface area contributed by atoms with Crippen LogP contribution in [-0.2, 0) is 19.7 Å². The van der Waals surface area contributed by atoms with Crippen molar-refractivity contribution in [1.29, 1.82) is 0 Å². The van der Waals surface area contributed by atoms with Gasteiger partial charge in [0.25, 0.3) is 0 Å². The zero-order valence-corrected chi connectivity index (χ0v) is 13.1. The molecule has 1 amide bonds. The quantitative estimate of drug-likeness (QED) is 0.809. The lowest BCUT2D eigenvalue weighted by molar-refractivity contribution is -0.141. The first kappa shape index (κ1) is 17.2. The minimum absolute atomic E-state index is 0.0525. The molecule has 0 aliphatic heterocycles. The summed E-state index contributed by atoms with van der Waals surface area (Å²) in [4.78, 5) is 23.0. The first-order chi connectivity index (χ1) is 9.77.